The third-order valence-electron chi connectivity index (χ3n) is 5.51. The molecule has 4 aromatic rings. The van der Waals surface area contributed by atoms with Gasteiger partial charge in [0.1, 0.15) is 28.2 Å². The quantitative estimate of drug-likeness (QED) is 0.474. The molecule has 0 bridgehead atoms. The molecule has 4 N–H and O–H groups in total. The largest absolute Gasteiger partial charge is 0.457 e. The lowest BCUT2D eigenvalue weighted by molar-refractivity contribution is 0.110. The Kier molecular flexibility index (Phi) is 4.23. The summed E-state index contributed by atoms with van der Waals surface area (Å²) in [6.45, 7) is 3.64. The molecule has 0 amide bonds. The Morgan fingerprint density at radius 3 is 2.71 bits per heavy atom. The highest BCUT2D eigenvalue weighted by Crippen LogP contribution is 2.32. The number of H-pyrrole nitrogens is 1. The smallest absolute Gasteiger partial charge is 0.261 e. The third-order valence-corrected chi connectivity index (χ3v) is 5.51. The summed E-state index contributed by atoms with van der Waals surface area (Å²) in [5.41, 5.74) is 8.64. The average Bonchev–Trinajstić information content (AvgIpc) is 3.06. The van der Waals surface area contributed by atoms with E-state index in [1.54, 1.807) is 23.8 Å². The van der Waals surface area contributed by atoms with Crippen LogP contribution in [-0.4, -0.2) is 25.5 Å². The minimum absolute atomic E-state index is 0.268. The maximum atomic E-state index is 12.8. The van der Waals surface area contributed by atoms with E-state index in [9.17, 15) is 9.90 Å². The zero-order valence-corrected chi connectivity index (χ0v) is 17.2. The molecule has 0 fully saturated rings. The lowest BCUT2D eigenvalue weighted by Gasteiger charge is -2.24. The van der Waals surface area contributed by atoms with Crippen molar-refractivity contribution in [3.63, 3.8) is 0 Å². The fraction of sp³-hybridized carbons (Fsp3) is 0.167. The van der Waals surface area contributed by atoms with Gasteiger partial charge in [-0.05, 0) is 49.7 Å². The molecule has 2 aromatic carbocycles. The fourth-order valence-corrected chi connectivity index (χ4v) is 3.99. The molecule has 0 radical (unpaired) electrons. The Bertz CT molecular complexity index is 1400. The van der Waals surface area contributed by atoms with E-state index in [-0.39, 0.29) is 11.4 Å². The first-order valence-corrected chi connectivity index (χ1v) is 10.0. The number of hydrogen-bond donors (Lipinski definition) is 3. The van der Waals surface area contributed by atoms with Crippen molar-refractivity contribution in [3.05, 3.63) is 81.8 Å². The topological polar surface area (TPSA) is 106 Å². The molecule has 5 rings (SSSR count). The van der Waals surface area contributed by atoms with E-state index in [0.717, 1.165) is 22.6 Å². The van der Waals surface area contributed by atoms with Crippen LogP contribution in [0.25, 0.3) is 22.7 Å². The van der Waals surface area contributed by atoms with Crippen molar-refractivity contribution in [2.45, 2.75) is 25.9 Å². The van der Waals surface area contributed by atoms with Crippen molar-refractivity contribution in [3.8, 4) is 17.2 Å². The number of aliphatic hydroxyl groups is 1. The summed E-state index contributed by atoms with van der Waals surface area (Å²) in [4.78, 5) is 15.6. The van der Waals surface area contributed by atoms with E-state index in [1.807, 2.05) is 55.5 Å². The van der Waals surface area contributed by atoms with Gasteiger partial charge in [-0.15, -0.1) is 0 Å². The number of aromatic amines is 1. The highest BCUT2D eigenvalue weighted by molar-refractivity contribution is 5.95. The minimum Gasteiger partial charge on any atom is -0.457 e. The van der Waals surface area contributed by atoms with Gasteiger partial charge in [-0.3, -0.25) is 4.79 Å². The van der Waals surface area contributed by atoms with Crippen LogP contribution in [0.15, 0.2) is 59.4 Å². The lowest BCUT2D eigenvalue weighted by Crippen LogP contribution is -2.29. The number of nitrogens with zero attached hydrogens (tertiary/aromatic N) is 2. The number of nitrogen functional groups attached to an aromatic ring is 1. The second-order valence-corrected chi connectivity index (χ2v) is 8.10. The zero-order chi connectivity index (χ0) is 21.8. The molecule has 0 saturated carbocycles. The Hall–Kier alpha value is -3.84. The van der Waals surface area contributed by atoms with Gasteiger partial charge in [-0.25, -0.2) is 4.68 Å². The number of nitrogens with one attached hydrogen (secondary N) is 1. The molecule has 156 valence electrons. The maximum Gasteiger partial charge on any atom is 0.261 e. The van der Waals surface area contributed by atoms with Gasteiger partial charge in [0.05, 0.1) is 11.3 Å². The molecule has 7 heteroatoms. The van der Waals surface area contributed by atoms with Gasteiger partial charge in [-0.2, -0.15) is 5.10 Å². The molecule has 31 heavy (non-hydrogen) atoms. The number of hydrogen-bond acceptors (Lipinski definition) is 5. The van der Waals surface area contributed by atoms with Gasteiger partial charge in [0.15, 0.2) is 0 Å². The molecule has 1 atom stereocenters. The Morgan fingerprint density at radius 2 is 1.97 bits per heavy atom. The normalized spacial score (nSPS) is 17.6. The number of rotatable bonds is 3. The highest BCUT2D eigenvalue weighted by atomic mass is 16.5. The molecule has 7 nitrogen and oxygen atoms in total. The van der Waals surface area contributed by atoms with Crippen LogP contribution in [0.1, 0.15) is 23.7 Å². The summed E-state index contributed by atoms with van der Waals surface area (Å²) in [6, 6.07) is 15.2. The van der Waals surface area contributed by atoms with E-state index in [1.165, 1.54) is 0 Å². The maximum absolute atomic E-state index is 12.8. The van der Waals surface area contributed by atoms with Crippen LogP contribution in [0.2, 0.25) is 0 Å². The number of aryl methyl sites for hydroxylation is 1. The molecular weight excluding hydrogens is 392 g/mol. The standard InChI is InChI=1S/C24H22N4O3/c1-14-12-16(31-15-6-4-3-5-7-15)8-9-19(14)28-22(25)20-21(27-28)17-10-11-24(2,30)13-18(17)26-23(20)29/h3-12,30H,13,25H2,1-2H3,(H,26,29). The van der Waals surface area contributed by atoms with Crippen molar-refractivity contribution in [2.24, 2.45) is 0 Å². The lowest BCUT2D eigenvalue weighted by atomic mass is 9.90. The summed E-state index contributed by atoms with van der Waals surface area (Å²) in [5.74, 6) is 1.72. The molecule has 0 saturated heterocycles. The molecule has 1 aliphatic carbocycles. The predicted molar refractivity (Wildman–Crippen MR) is 121 cm³/mol. The zero-order valence-electron chi connectivity index (χ0n) is 17.2. The second kappa shape index (κ2) is 6.85. The van der Waals surface area contributed by atoms with Gasteiger partial charge in [0, 0.05) is 17.7 Å². The van der Waals surface area contributed by atoms with E-state index in [2.05, 4.69) is 10.1 Å². The predicted octanol–water partition coefficient (Wildman–Crippen LogP) is 3.72. The molecular formula is C24H22N4O3. The number of nitrogens with two attached hydrogens (primary N) is 1. The average molecular weight is 414 g/mol. The van der Waals surface area contributed by atoms with Crippen molar-refractivity contribution >= 4 is 22.8 Å². The first-order valence-electron chi connectivity index (χ1n) is 10.0. The van der Waals surface area contributed by atoms with Gasteiger partial charge in [0.25, 0.3) is 5.56 Å². The Balaban J connectivity index is 1.60. The first kappa shape index (κ1) is 19.1. The molecule has 1 unspecified atom stereocenters. The van der Waals surface area contributed by atoms with Gasteiger partial charge in [-0.1, -0.05) is 30.4 Å². The number of para-hydroxylation sites is 1. The van der Waals surface area contributed by atoms with E-state index in [0.29, 0.717) is 28.8 Å². The van der Waals surface area contributed by atoms with Crippen LogP contribution < -0.4 is 16.0 Å². The van der Waals surface area contributed by atoms with Crippen molar-refractivity contribution < 1.29 is 9.84 Å². The van der Waals surface area contributed by atoms with E-state index in [4.69, 9.17) is 10.5 Å². The van der Waals surface area contributed by atoms with Gasteiger partial charge in [0.2, 0.25) is 0 Å². The summed E-state index contributed by atoms with van der Waals surface area (Å²) in [6.07, 6.45) is 3.81. The number of pyridine rings is 1. The van der Waals surface area contributed by atoms with Crippen molar-refractivity contribution in [2.75, 3.05) is 5.73 Å². The molecule has 2 aromatic heterocycles. The van der Waals surface area contributed by atoms with Crippen molar-refractivity contribution in [1.82, 2.24) is 14.8 Å². The SMILES string of the molecule is Cc1cc(Oc2ccccc2)ccc1-n1nc2c3c([nH]c(=O)c2c1N)CC(C)(O)C=C3. The van der Waals surface area contributed by atoms with Crippen molar-refractivity contribution in [1.29, 1.82) is 0 Å². The monoisotopic (exact) mass is 414 g/mol. The fourth-order valence-electron chi connectivity index (χ4n) is 3.99. The number of ether oxygens (including phenoxy) is 1. The summed E-state index contributed by atoms with van der Waals surface area (Å²) >= 11 is 0. The van der Waals surface area contributed by atoms with E-state index >= 15 is 0 Å². The number of aromatic nitrogens is 3. The Morgan fingerprint density at radius 1 is 1.19 bits per heavy atom. The van der Waals surface area contributed by atoms with Crippen LogP contribution in [0.3, 0.4) is 0 Å². The van der Waals surface area contributed by atoms with Crippen LogP contribution in [0, 0.1) is 6.92 Å². The van der Waals surface area contributed by atoms with Gasteiger partial charge >= 0.3 is 0 Å². The Labute approximate surface area is 178 Å². The highest BCUT2D eigenvalue weighted by Gasteiger charge is 2.27. The van der Waals surface area contributed by atoms with Crippen LogP contribution in [0.5, 0.6) is 11.5 Å². The van der Waals surface area contributed by atoms with Gasteiger partial charge < -0.3 is 20.6 Å². The first-order chi connectivity index (χ1) is 14.8. The number of benzene rings is 2. The molecule has 2 heterocycles. The molecule has 0 spiro atoms. The van der Waals surface area contributed by atoms with Crippen LogP contribution in [-0.2, 0) is 6.42 Å². The molecule has 1 aliphatic rings. The second-order valence-electron chi connectivity index (χ2n) is 8.10. The summed E-state index contributed by atoms with van der Waals surface area (Å²) in [5, 5.41) is 15.3. The number of fused-ring (bicyclic) bond motifs is 3. The third kappa shape index (κ3) is 3.29. The van der Waals surface area contributed by atoms with E-state index < -0.39 is 5.60 Å². The van der Waals surface area contributed by atoms with Crippen LogP contribution in [0.4, 0.5) is 5.82 Å². The minimum atomic E-state index is -1.01. The van der Waals surface area contributed by atoms with Crippen LogP contribution >= 0.6 is 0 Å². The summed E-state index contributed by atoms with van der Waals surface area (Å²) in [7, 11) is 0. The molecule has 0 aliphatic heterocycles. The summed E-state index contributed by atoms with van der Waals surface area (Å²) < 4.78 is 7.49. The number of anilines is 1.